The number of carboxylic acids is 2. The van der Waals surface area contributed by atoms with Gasteiger partial charge in [0.05, 0.1) is 24.0 Å². The molecular weight excluding hydrogens is 590 g/mol. The third-order valence-electron chi connectivity index (χ3n) is 6.74. The van der Waals surface area contributed by atoms with Crippen molar-refractivity contribution in [1.29, 1.82) is 0 Å². The van der Waals surface area contributed by atoms with Crippen molar-refractivity contribution in [2.75, 3.05) is 0 Å². The summed E-state index contributed by atoms with van der Waals surface area (Å²) in [6.45, 7) is 0. The summed E-state index contributed by atoms with van der Waals surface area (Å²) in [5.74, 6) is -30.2. The van der Waals surface area contributed by atoms with E-state index in [1.54, 1.807) is 36.4 Å². The lowest BCUT2D eigenvalue weighted by Gasteiger charge is -2.33. The van der Waals surface area contributed by atoms with Gasteiger partial charge in [-0.15, -0.1) is 0 Å². The molecule has 0 saturated heterocycles. The minimum atomic E-state index is -6.76. The van der Waals surface area contributed by atoms with Gasteiger partial charge in [0.1, 0.15) is 0 Å². The van der Waals surface area contributed by atoms with Crippen LogP contribution in [0.4, 0.5) is 26.3 Å². The number of nitrogens with one attached hydrogen (secondary N) is 4. The van der Waals surface area contributed by atoms with Gasteiger partial charge in [-0.05, 0) is 23.3 Å². The maximum Gasteiger partial charge on any atom is 0.393 e. The summed E-state index contributed by atoms with van der Waals surface area (Å²) in [6.07, 6.45) is 0.972. The number of hydrogen-bond acceptors (Lipinski definition) is 6. The van der Waals surface area contributed by atoms with Crippen LogP contribution in [0.1, 0.15) is 11.1 Å². The first-order chi connectivity index (χ1) is 20.1. The van der Waals surface area contributed by atoms with Crippen molar-refractivity contribution in [2.45, 2.75) is 42.7 Å². The van der Waals surface area contributed by atoms with E-state index in [4.69, 9.17) is 0 Å². The van der Waals surface area contributed by atoms with Gasteiger partial charge in [0.25, 0.3) is 11.8 Å². The number of amides is 2. The molecule has 0 saturated carbocycles. The van der Waals surface area contributed by atoms with Crippen molar-refractivity contribution < 1.29 is 55.7 Å². The fourth-order valence-corrected chi connectivity index (χ4v) is 4.41. The first-order valence-electron chi connectivity index (χ1n) is 12.3. The molecule has 4 aromatic rings. The first kappa shape index (κ1) is 30.9. The number of aromatic amines is 2. The van der Waals surface area contributed by atoms with Crippen LogP contribution >= 0.6 is 0 Å². The maximum absolute atomic E-state index is 14.6. The quantitative estimate of drug-likeness (QED) is 0.173. The van der Waals surface area contributed by atoms with Crippen LogP contribution < -0.4 is 20.8 Å². The van der Waals surface area contributed by atoms with Crippen LogP contribution in [0.3, 0.4) is 0 Å². The van der Waals surface area contributed by atoms with E-state index in [1.807, 2.05) is 0 Å². The Morgan fingerprint density at radius 1 is 0.651 bits per heavy atom. The van der Waals surface area contributed by atoms with Gasteiger partial charge in [-0.2, -0.15) is 26.3 Å². The Bertz CT molecular complexity index is 1580. The zero-order valence-electron chi connectivity index (χ0n) is 21.6. The predicted octanol–water partition coefficient (Wildman–Crippen LogP) is 0.810. The molecule has 4 rings (SSSR count). The smallest absolute Gasteiger partial charge is 0.393 e. The molecule has 10 nitrogen and oxygen atoms in total. The van der Waals surface area contributed by atoms with Crippen molar-refractivity contribution in [3.8, 4) is 0 Å². The summed E-state index contributed by atoms with van der Waals surface area (Å²) in [4.78, 5) is 52.8. The lowest BCUT2D eigenvalue weighted by Crippen LogP contribution is -2.67. The number of fused-ring (bicyclic) bond motifs is 2. The molecule has 4 N–H and O–H groups in total. The van der Waals surface area contributed by atoms with Crippen molar-refractivity contribution in [3.63, 3.8) is 0 Å². The van der Waals surface area contributed by atoms with E-state index in [-0.39, 0.29) is 11.1 Å². The number of carbonyl (C=O) groups excluding carboxylic acids is 4. The van der Waals surface area contributed by atoms with Gasteiger partial charge in [-0.25, -0.2) is 0 Å². The first-order valence-corrected chi connectivity index (χ1v) is 12.3. The van der Waals surface area contributed by atoms with Crippen LogP contribution in [0.2, 0.25) is 0 Å². The number of rotatable bonds is 12. The standard InChI is InChI=1S/C27H22F6N4O6/c28-25(29,23(42)36-19(21(38)39)9-13-11-34-17-7-3-1-5-15(13)17)27(32,33)26(30,31)24(43)37-20(22(40)41)10-14-12-35-18-8-4-2-6-16(14)18/h1-8,11-12,19-20,34-35H,9-10H2,(H,36,42)(H,37,43)(H,38,39)(H,40,41)/p-2. The monoisotopic (exact) mass is 610 g/mol. The van der Waals surface area contributed by atoms with E-state index >= 15 is 0 Å². The highest BCUT2D eigenvalue weighted by molar-refractivity contribution is 5.93. The number of H-pyrrole nitrogens is 2. The Balaban J connectivity index is 1.51. The number of para-hydroxylation sites is 2. The predicted molar refractivity (Wildman–Crippen MR) is 133 cm³/mol. The second-order valence-electron chi connectivity index (χ2n) is 9.54. The van der Waals surface area contributed by atoms with Crippen LogP contribution in [0.25, 0.3) is 21.8 Å². The number of alkyl halides is 6. The van der Waals surface area contributed by atoms with E-state index in [2.05, 4.69) is 9.97 Å². The molecule has 2 atom stereocenters. The minimum Gasteiger partial charge on any atom is -0.548 e. The second kappa shape index (κ2) is 11.3. The second-order valence-corrected chi connectivity index (χ2v) is 9.54. The van der Waals surface area contributed by atoms with E-state index in [0.29, 0.717) is 21.8 Å². The highest BCUT2D eigenvalue weighted by Gasteiger charge is 2.78. The molecule has 0 spiro atoms. The summed E-state index contributed by atoms with van der Waals surface area (Å²) < 4.78 is 87.6. The largest absolute Gasteiger partial charge is 0.548 e. The molecule has 2 amide bonds. The number of hydrogen-bond donors (Lipinski definition) is 4. The van der Waals surface area contributed by atoms with Crippen LogP contribution in [-0.2, 0) is 32.0 Å². The van der Waals surface area contributed by atoms with Crippen LogP contribution in [0.5, 0.6) is 0 Å². The molecule has 0 bridgehead atoms. The third kappa shape index (κ3) is 5.72. The average molecular weight is 610 g/mol. The minimum absolute atomic E-state index is 0.133. The number of halogens is 6. The number of aliphatic carboxylic acids is 2. The fourth-order valence-electron chi connectivity index (χ4n) is 4.41. The summed E-state index contributed by atoms with van der Waals surface area (Å²) in [5, 5.41) is 26.0. The Labute approximate surface area is 237 Å². The SMILES string of the molecule is O=C([O-])C(Cc1c[nH]c2ccccc12)NC(=O)C(F)(F)C(F)(F)C(F)(F)C(=O)NC(Cc1c[nH]c2ccccc12)C(=O)[O-]. The molecule has 2 aromatic heterocycles. The molecule has 43 heavy (non-hydrogen) atoms. The maximum atomic E-state index is 14.6. The highest BCUT2D eigenvalue weighted by Crippen LogP contribution is 2.46. The molecule has 2 unspecified atom stereocenters. The Morgan fingerprint density at radius 2 is 1.00 bits per heavy atom. The summed E-state index contributed by atoms with van der Waals surface area (Å²) in [7, 11) is 0. The molecule has 0 aliphatic heterocycles. The molecule has 0 fully saturated rings. The molecular formula is C27H20F6N4O6-2. The van der Waals surface area contributed by atoms with E-state index in [0.717, 1.165) is 10.6 Å². The van der Waals surface area contributed by atoms with Crippen molar-refractivity contribution in [2.24, 2.45) is 0 Å². The normalized spacial score (nSPS) is 13.9. The fraction of sp³-hybridized carbons (Fsp3) is 0.259. The number of benzene rings is 2. The van der Waals surface area contributed by atoms with Crippen molar-refractivity contribution in [1.82, 2.24) is 20.6 Å². The topological polar surface area (TPSA) is 170 Å². The van der Waals surface area contributed by atoms with Crippen molar-refractivity contribution >= 4 is 45.6 Å². The molecule has 16 heteroatoms. The van der Waals surface area contributed by atoms with Gasteiger partial charge in [0.15, 0.2) is 0 Å². The van der Waals surface area contributed by atoms with Gasteiger partial charge in [-0.1, -0.05) is 36.4 Å². The van der Waals surface area contributed by atoms with Gasteiger partial charge >= 0.3 is 17.8 Å². The Hall–Kier alpha value is -5.02. The third-order valence-corrected chi connectivity index (χ3v) is 6.74. The van der Waals surface area contributed by atoms with Crippen molar-refractivity contribution in [3.05, 3.63) is 72.1 Å². The molecule has 0 aliphatic carbocycles. The molecule has 2 aromatic carbocycles. The van der Waals surface area contributed by atoms with Crippen LogP contribution in [0, 0.1) is 0 Å². The molecule has 0 radical (unpaired) electrons. The zero-order chi connectivity index (χ0) is 31.7. The number of carbonyl (C=O) groups is 4. The van der Waals surface area contributed by atoms with E-state index < -0.39 is 66.4 Å². The number of aromatic nitrogens is 2. The summed E-state index contributed by atoms with van der Waals surface area (Å²) in [6, 6.07) is 7.67. The van der Waals surface area contributed by atoms with Gasteiger partial charge < -0.3 is 40.4 Å². The van der Waals surface area contributed by atoms with E-state index in [9.17, 15) is 55.7 Å². The van der Waals surface area contributed by atoms with E-state index in [1.165, 1.54) is 24.5 Å². The summed E-state index contributed by atoms with van der Waals surface area (Å²) in [5.41, 5.74) is 1.22. The molecule has 2 heterocycles. The van der Waals surface area contributed by atoms with Crippen LogP contribution in [0.15, 0.2) is 60.9 Å². The molecule has 228 valence electrons. The van der Waals surface area contributed by atoms with Crippen LogP contribution in [-0.4, -0.2) is 63.6 Å². The lowest BCUT2D eigenvalue weighted by atomic mass is 10.00. The highest BCUT2D eigenvalue weighted by atomic mass is 19.3. The van der Waals surface area contributed by atoms with Gasteiger partial charge in [0, 0.05) is 47.0 Å². The lowest BCUT2D eigenvalue weighted by molar-refractivity contribution is -0.309. The average Bonchev–Trinajstić information content (AvgIpc) is 3.55. The zero-order valence-corrected chi connectivity index (χ0v) is 21.6. The van der Waals surface area contributed by atoms with Gasteiger partial charge in [0.2, 0.25) is 0 Å². The summed E-state index contributed by atoms with van der Waals surface area (Å²) >= 11 is 0. The Kier molecular flexibility index (Phi) is 8.15. The molecule has 0 aliphatic rings. The Morgan fingerprint density at radius 3 is 1.35 bits per heavy atom. The number of carboxylic acid groups (broad SMARTS) is 2. The van der Waals surface area contributed by atoms with Gasteiger partial charge in [-0.3, -0.25) is 9.59 Å².